The van der Waals surface area contributed by atoms with Crippen molar-refractivity contribution >= 4 is 11.8 Å². The molecule has 0 spiro atoms. The molecule has 0 bridgehead atoms. The van der Waals surface area contributed by atoms with Gasteiger partial charge in [0.2, 0.25) is 11.8 Å². The summed E-state index contributed by atoms with van der Waals surface area (Å²) in [6, 6.07) is 5.82. The molecule has 0 unspecified atom stereocenters. The Labute approximate surface area is 149 Å². The first kappa shape index (κ1) is 19.2. The number of aryl methyl sites for hydroxylation is 1. The molecule has 25 heavy (non-hydrogen) atoms. The minimum atomic E-state index is -0.566. The number of ether oxygens (including phenoxy) is 2. The third-order valence-electron chi connectivity index (χ3n) is 4.86. The van der Waals surface area contributed by atoms with Crippen molar-refractivity contribution in [1.29, 1.82) is 0 Å². The van der Waals surface area contributed by atoms with E-state index in [1.165, 1.54) is 0 Å². The third-order valence-corrected chi connectivity index (χ3v) is 4.86. The van der Waals surface area contributed by atoms with E-state index in [-0.39, 0.29) is 24.7 Å². The van der Waals surface area contributed by atoms with Crippen LogP contribution in [0, 0.1) is 6.92 Å². The van der Waals surface area contributed by atoms with Gasteiger partial charge < -0.3 is 19.7 Å². The van der Waals surface area contributed by atoms with Crippen LogP contribution in [0.3, 0.4) is 0 Å². The van der Waals surface area contributed by atoms with E-state index in [0.717, 1.165) is 24.0 Å². The molecule has 6 heteroatoms. The zero-order valence-electron chi connectivity index (χ0n) is 15.6. The Balaban J connectivity index is 2.24. The summed E-state index contributed by atoms with van der Waals surface area (Å²) in [5, 5.41) is 2.66. The Bertz CT molecular complexity index is 632. The van der Waals surface area contributed by atoms with Crippen molar-refractivity contribution in [1.82, 2.24) is 10.2 Å². The molecule has 0 aliphatic carbocycles. The van der Waals surface area contributed by atoms with E-state index in [1.54, 1.807) is 21.3 Å². The van der Waals surface area contributed by atoms with Crippen LogP contribution in [0.4, 0.5) is 0 Å². The summed E-state index contributed by atoms with van der Waals surface area (Å²) in [5.41, 5.74) is 1.38. The fraction of sp³-hybridized carbons (Fsp3) is 0.579. The molecule has 6 nitrogen and oxygen atoms in total. The number of benzene rings is 1. The van der Waals surface area contributed by atoms with Gasteiger partial charge >= 0.3 is 0 Å². The first-order valence-corrected chi connectivity index (χ1v) is 8.59. The zero-order chi connectivity index (χ0) is 18.4. The number of rotatable bonds is 7. The number of amides is 2. The number of hydrogen-bond acceptors (Lipinski definition) is 4. The molecule has 1 aromatic rings. The Hall–Kier alpha value is -2.08. The van der Waals surface area contributed by atoms with Gasteiger partial charge in [0.05, 0.1) is 32.1 Å². The molecule has 0 aromatic heterocycles. The highest BCUT2D eigenvalue weighted by atomic mass is 16.5. The van der Waals surface area contributed by atoms with Crippen LogP contribution >= 0.6 is 0 Å². The van der Waals surface area contributed by atoms with E-state index in [4.69, 9.17) is 9.47 Å². The lowest BCUT2D eigenvalue weighted by molar-refractivity contribution is -0.139. The predicted molar refractivity (Wildman–Crippen MR) is 95.7 cm³/mol. The minimum Gasteiger partial charge on any atom is -0.496 e. The van der Waals surface area contributed by atoms with Crippen LogP contribution in [0.25, 0.3) is 0 Å². The van der Waals surface area contributed by atoms with E-state index < -0.39 is 5.54 Å². The van der Waals surface area contributed by atoms with Crippen LogP contribution in [0.5, 0.6) is 5.75 Å². The van der Waals surface area contributed by atoms with Gasteiger partial charge in [-0.05, 0) is 25.8 Å². The van der Waals surface area contributed by atoms with Crippen LogP contribution in [0.2, 0.25) is 0 Å². The standard InChI is InChI=1S/C19H28N2O4/c1-14-6-7-16(25-4)15(10-14)11-18(23)21-9-5-8-19(21,13-24-3)12-17(22)20-2/h6-7,10H,5,8-9,11-13H2,1-4H3,(H,20,22)/t19-/m0/s1. The van der Waals surface area contributed by atoms with Crippen LogP contribution in [0.1, 0.15) is 30.4 Å². The summed E-state index contributed by atoms with van der Waals surface area (Å²) < 4.78 is 10.8. The summed E-state index contributed by atoms with van der Waals surface area (Å²) >= 11 is 0. The van der Waals surface area contributed by atoms with Crippen molar-refractivity contribution in [3.63, 3.8) is 0 Å². The summed E-state index contributed by atoms with van der Waals surface area (Å²) in [6.45, 7) is 2.99. The van der Waals surface area contributed by atoms with Gasteiger partial charge in [0.25, 0.3) is 0 Å². The number of methoxy groups -OCH3 is 2. The number of nitrogens with zero attached hydrogens (tertiary/aromatic N) is 1. The maximum atomic E-state index is 13.0. The van der Waals surface area contributed by atoms with Gasteiger partial charge in [-0.3, -0.25) is 9.59 Å². The molecular weight excluding hydrogens is 320 g/mol. The molecular formula is C19H28N2O4. The van der Waals surface area contributed by atoms with Gasteiger partial charge in [-0.25, -0.2) is 0 Å². The average molecular weight is 348 g/mol. The topological polar surface area (TPSA) is 67.9 Å². The highest BCUT2D eigenvalue weighted by Crippen LogP contribution is 2.34. The molecule has 1 atom stereocenters. The first-order chi connectivity index (χ1) is 12.0. The molecule has 138 valence electrons. The highest BCUT2D eigenvalue weighted by Gasteiger charge is 2.45. The summed E-state index contributed by atoms with van der Waals surface area (Å²) in [7, 11) is 4.83. The predicted octanol–water partition coefficient (Wildman–Crippen LogP) is 1.69. The van der Waals surface area contributed by atoms with E-state index >= 15 is 0 Å². The van der Waals surface area contributed by atoms with Gasteiger partial charge in [-0.2, -0.15) is 0 Å². The van der Waals surface area contributed by atoms with Crippen molar-refractivity contribution < 1.29 is 19.1 Å². The number of nitrogens with one attached hydrogen (secondary N) is 1. The lowest BCUT2D eigenvalue weighted by atomic mass is 9.91. The maximum Gasteiger partial charge on any atom is 0.227 e. The zero-order valence-corrected chi connectivity index (χ0v) is 15.6. The molecule has 1 N–H and O–H groups in total. The number of hydrogen-bond donors (Lipinski definition) is 1. The van der Waals surface area contributed by atoms with Crippen molar-refractivity contribution in [2.75, 3.05) is 34.4 Å². The molecule has 2 rings (SSSR count). The molecule has 1 heterocycles. The normalized spacial score (nSPS) is 19.8. The average Bonchev–Trinajstić information content (AvgIpc) is 2.98. The van der Waals surface area contributed by atoms with E-state index in [9.17, 15) is 9.59 Å². The van der Waals surface area contributed by atoms with Gasteiger partial charge in [-0.1, -0.05) is 17.7 Å². The molecule has 0 saturated carbocycles. The summed E-state index contributed by atoms with van der Waals surface area (Å²) in [4.78, 5) is 26.9. The van der Waals surface area contributed by atoms with Crippen LogP contribution in [-0.2, 0) is 20.7 Å². The van der Waals surface area contributed by atoms with Crippen molar-refractivity contribution in [3.8, 4) is 5.75 Å². The number of likely N-dealkylation sites (tertiary alicyclic amines) is 1. The van der Waals surface area contributed by atoms with E-state index in [1.807, 2.05) is 30.0 Å². The molecule has 1 fully saturated rings. The molecule has 1 aliphatic rings. The second-order valence-corrected chi connectivity index (χ2v) is 6.65. The van der Waals surface area contributed by atoms with Gasteiger partial charge in [-0.15, -0.1) is 0 Å². The first-order valence-electron chi connectivity index (χ1n) is 8.59. The number of carbonyl (C=O) groups excluding carboxylic acids is 2. The van der Waals surface area contributed by atoms with Crippen LogP contribution < -0.4 is 10.1 Å². The third kappa shape index (κ3) is 4.31. The summed E-state index contributed by atoms with van der Waals surface area (Å²) in [5.74, 6) is 0.633. The Morgan fingerprint density at radius 2 is 2.08 bits per heavy atom. The lowest BCUT2D eigenvalue weighted by Gasteiger charge is -2.37. The van der Waals surface area contributed by atoms with Gasteiger partial charge in [0.15, 0.2) is 0 Å². The van der Waals surface area contributed by atoms with Crippen LogP contribution in [0.15, 0.2) is 18.2 Å². The molecule has 2 amide bonds. The second-order valence-electron chi connectivity index (χ2n) is 6.65. The second kappa shape index (κ2) is 8.34. The van der Waals surface area contributed by atoms with Crippen LogP contribution in [-0.4, -0.2) is 56.7 Å². The fourth-order valence-corrected chi connectivity index (χ4v) is 3.67. The van der Waals surface area contributed by atoms with Crippen molar-refractivity contribution in [2.24, 2.45) is 0 Å². The van der Waals surface area contributed by atoms with Crippen molar-refractivity contribution in [2.45, 2.75) is 38.1 Å². The molecule has 1 aromatic carbocycles. The monoisotopic (exact) mass is 348 g/mol. The maximum absolute atomic E-state index is 13.0. The molecule has 1 aliphatic heterocycles. The molecule has 0 radical (unpaired) electrons. The van der Waals surface area contributed by atoms with Gasteiger partial charge in [0.1, 0.15) is 5.75 Å². The molecule has 1 saturated heterocycles. The van der Waals surface area contributed by atoms with Gasteiger partial charge in [0, 0.05) is 26.3 Å². The van der Waals surface area contributed by atoms with E-state index in [0.29, 0.717) is 18.9 Å². The van der Waals surface area contributed by atoms with E-state index in [2.05, 4.69) is 5.32 Å². The Morgan fingerprint density at radius 1 is 1.32 bits per heavy atom. The quantitative estimate of drug-likeness (QED) is 0.814. The summed E-state index contributed by atoms with van der Waals surface area (Å²) in [6.07, 6.45) is 2.15. The van der Waals surface area contributed by atoms with Crippen molar-refractivity contribution in [3.05, 3.63) is 29.3 Å². The number of carbonyl (C=O) groups is 2. The lowest BCUT2D eigenvalue weighted by Crippen LogP contribution is -2.53. The smallest absolute Gasteiger partial charge is 0.227 e. The Morgan fingerprint density at radius 3 is 2.72 bits per heavy atom. The highest BCUT2D eigenvalue weighted by molar-refractivity contribution is 5.83. The Kier molecular flexibility index (Phi) is 6.42. The minimum absolute atomic E-state index is 0.00218. The SMILES string of the molecule is CNC(=O)C[C@]1(COC)CCCN1C(=O)Cc1cc(C)ccc1OC. The largest absolute Gasteiger partial charge is 0.496 e. The fourth-order valence-electron chi connectivity index (χ4n) is 3.67.